The third-order valence-corrected chi connectivity index (χ3v) is 5.61. The number of carboxylic acids is 2. The minimum atomic E-state index is -1.08. The maximum atomic E-state index is 10.6. The van der Waals surface area contributed by atoms with Gasteiger partial charge in [0.05, 0.1) is 13.1 Å². The first-order chi connectivity index (χ1) is 19.3. The Labute approximate surface area is 268 Å². The third kappa shape index (κ3) is 19.6. The molecule has 8 nitrogen and oxygen atoms in total. The number of phenols is 2. The number of hydrogen-bond acceptors (Lipinski definition) is 8. The molecule has 0 saturated carbocycles. The van der Waals surface area contributed by atoms with E-state index >= 15 is 0 Å². The first kappa shape index (κ1) is 42.0. The number of rotatable bonds is 9. The van der Waals surface area contributed by atoms with Crippen molar-refractivity contribution >= 4 is 24.4 Å². The average molecular weight is 642 g/mol. The first-order valence-electron chi connectivity index (χ1n) is 14.3. The van der Waals surface area contributed by atoms with Crippen LogP contribution in [0.3, 0.4) is 0 Å². The average Bonchev–Trinajstić information content (AvgIpc) is 2.81. The molecule has 2 N–H and O–H groups in total. The van der Waals surface area contributed by atoms with Crippen LogP contribution in [0.5, 0.6) is 11.5 Å². The molecule has 1 radical (unpaired) electrons. The molecule has 2 rings (SSSR count). The largest absolute Gasteiger partial charge is 2.00 e. The second kappa shape index (κ2) is 19.9. The normalized spacial score (nSPS) is 11.3. The molecule has 0 atom stereocenters. The Balaban J connectivity index is 0. The molecule has 0 heterocycles. The van der Waals surface area contributed by atoms with Crippen LogP contribution in [0.2, 0.25) is 0 Å². The molecule has 0 unspecified atom stereocenters. The van der Waals surface area contributed by atoms with Crippen LogP contribution in [0, 0.1) is 10.8 Å². The molecule has 0 amide bonds. The second-order valence-corrected chi connectivity index (χ2v) is 12.6. The summed E-state index contributed by atoms with van der Waals surface area (Å²) in [5.74, 6) is -1.53. The fourth-order valence-electron chi connectivity index (χ4n) is 4.18. The van der Waals surface area contributed by atoms with Gasteiger partial charge < -0.3 is 30.0 Å². The Hall–Kier alpha value is -3.17. The SMILES string of the molecule is CC(=O)[O-].CC(=O)[O-].CCc1cc(CC(C)(C)C)cc(C=NCCN=Cc2cc(CC(C)(C)C)cc(CC)c2O)c1O.[Co+2]. The smallest absolute Gasteiger partial charge is 0.550 e. The predicted molar refractivity (Wildman–Crippen MR) is 168 cm³/mol. The Morgan fingerprint density at radius 2 is 0.977 bits per heavy atom. The van der Waals surface area contributed by atoms with Gasteiger partial charge in [-0.2, -0.15) is 0 Å². The van der Waals surface area contributed by atoms with E-state index in [-0.39, 0.29) is 27.6 Å². The summed E-state index contributed by atoms with van der Waals surface area (Å²) < 4.78 is 0. The van der Waals surface area contributed by atoms with Crippen molar-refractivity contribution in [2.45, 2.75) is 94.9 Å². The number of aryl methyl sites for hydroxylation is 2. The number of aliphatic imine (C=N–C) groups is 2. The van der Waals surface area contributed by atoms with Crippen LogP contribution in [0.15, 0.2) is 34.3 Å². The molecule has 0 saturated heterocycles. The third-order valence-electron chi connectivity index (χ3n) is 5.61. The molecule has 0 spiro atoms. The fraction of sp³-hybridized carbons (Fsp3) is 0.529. The van der Waals surface area contributed by atoms with Crippen molar-refractivity contribution in [3.8, 4) is 11.5 Å². The van der Waals surface area contributed by atoms with Gasteiger partial charge in [-0.15, -0.1) is 0 Å². The van der Waals surface area contributed by atoms with Crippen molar-refractivity contribution in [1.29, 1.82) is 0 Å². The summed E-state index contributed by atoms with van der Waals surface area (Å²) >= 11 is 0. The van der Waals surface area contributed by atoms with Gasteiger partial charge in [0.15, 0.2) is 0 Å². The predicted octanol–water partition coefficient (Wildman–Crippen LogP) is 4.45. The standard InChI is InChI=1S/C30H44N2O2.2C2H4O2.Co/c1-9-23-13-21(17-29(3,4)5)15-25(27(23)33)19-31-11-12-32-20-26-16-22(18-30(6,7)8)14-24(10-2)28(26)34;2*1-2(3)4;/h13-16,19-20,33-34H,9-12,17-18H2,1-8H3;2*1H3,(H,3,4);/q;;;+2/p-2. The van der Waals surface area contributed by atoms with Crippen LogP contribution in [0.4, 0.5) is 0 Å². The minimum absolute atomic E-state index is 0. The Morgan fingerprint density at radius 1 is 0.698 bits per heavy atom. The number of aliphatic carboxylic acids is 2. The first-order valence-corrected chi connectivity index (χ1v) is 14.3. The quantitative estimate of drug-likeness (QED) is 0.306. The van der Waals surface area contributed by atoms with Crippen molar-refractivity contribution in [2.24, 2.45) is 20.8 Å². The fourth-order valence-corrected chi connectivity index (χ4v) is 4.18. The van der Waals surface area contributed by atoms with Gasteiger partial charge in [-0.25, -0.2) is 0 Å². The van der Waals surface area contributed by atoms with E-state index in [2.05, 4.69) is 77.5 Å². The van der Waals surface area contributed by atoms with Gasteiger partial charge in [0.25, 0.3) is 0 Å². The molecular weight excluding hydrogens is 591 g/mol. The molecule has 2 aromatic rings. The van der Waals surface area contributed by atoms with E-state index in [9.17, 15) is 10.2 Å². The topological polar surface area (TPSA) is 145 Å². The van der Waals surface area contributed by atoms with E-state index in [4.69, 9.17) is 19.8 Å². The number of carbonyl (C=O) groups is 2. The van der Waals surface area contributed by atoms with Crippen LogP contribution >= 0.6 is 0 Å². The van der Waals surface area contributed by atoms with Gasteiger partial charge in [-0.05, 0) is 84.7 Å². The van der Waals surface area contributed by atoms with Gasteiger partial charge in [0.1, 0.15) is 11.5 Å². The van der Waals surface area contributed by atoms with Crippen molar-refractivity contribution in [1.82, 2.24) is 0 Å². The Bertz CT molecular complexity index is 1120. The molecule has 241 valence electrons. The summed E-state index contributed by atoms with van der Waals surface area (Å²) in [4.78, 5) is 26.8. The Morgan fingerprint density at radius 3 is 1.21 bits per heavy atom. The molecular formula is C34H50CoN2O6. The molecule has 0 aliphatic carbocycles. The number of nitrogens with zero attached hydrogens (tertiary/aromatic N) is 2. The molecule has 0 bridgehead atoms. The molecule has 0 aliphatic rings. The summed E-state index contributed by atoms with van der Waals surface area (Å²) in [7, 11) is 0. The Kier molecular flexibility index (Phi) is 19.4. The van der Waals surface area contributed by atoms with Crippen molar-refractivity contribution in [2.75, 3.05) is 13.1 Å². The zero-order chi connectivity index (χ0) is 32.7. The minimum Gasteiger partial charge on any atom is -0.550 e. The van der Waals surface area contributed by atoms with E-state index in [1.165, 1.54) is 11.1 Å². The number of aromatic hydroxyl groups is 2. The van der Waals surface area contributed by atoms with Gasteiger partial charge in [-0.1, -0.05) is 67.5 Å². The van der Waals surface area contributed by atoms with Crippen LogP contribution in [0.25, 0.3) is 0 Å². The zero-order valence-electron chi connectivity index (χ0n) is 27.5. The molecule has 0 fully saturated rings. The number of benzene rings is 2. The van der Waals surface area contributed by atoms with E-state index in [0.717, 1.165) is 61.8 Å². The summed E-state index contributed by atoms with van der Waals surface area (Å²) in [5.41, 5.74) is 6.25. The van der Waals surface area contributed by atoms with Gasteiger partial charge in [0, 0.05) is 35.5 Å². The maximum Gasteiger partial charge on any atom is 2.00 e. The molecule has 0 aliphatic heterocycles. The molecule has 43 heavy (non-hydrogen) atoms. The van der Waals surface area contributed by atoms with Crippen molar-refractivity contribution < 1.29 is 46.8 Å². The summed E-state index contributed by atoms with van der Waals surface area (Å²) in [6.07, 6.45) is 6.98. The number of hydrogen-bond donors (Lipinski definition) is 2. The second-order valence-electron chi connectivity index (χ2n) is 12.6. The number of phenolic OH excluding ortho intramolecular Hbond substituents is 2. The van der Waals surface area contributed by atoms with E-state index < -0.39 is 11.9 Å². The molecule has 0 aromatic heterocycles. The van der Waals surface area contributed by atoms with Crippen LogP contribution < -0.4 is 10.2 Å². The van der Waals surface area contributed by atoms with Crippen LogP contribution in [-0.2, 0) is 52.1 Å². The number of carboxylic acid groups (broad SMARTS) is 2. The van der Waals surface area contributed by atoms with E-state index in [0.29, 0.717) is 24.6 Å². The van der Waals surface area contributed by atoms with Crippen LogP contribution in [0.1, 0.15) is 103 Å². The summed E-state index contributed by atoms with van der Waals surface area (Å²) in [6, 6.07) is 8.29. The molecule has 9 heteroatoms. The summed E-state index contributed by atoms with van der Waals surface area (Å²) in [6.45, 7) is 20.4. The number of carbonyl (C=O) groups excluding carboxylic acids is 2. The summed E-state index contributed by atoms with van der Waals surface area (Å²) in [5, 5.41) is 39.0. The zero-order valence-corrected chi connectivity index (χ0v) is 28.5. The van der Waals surface area contributed by atoms with Crippen molar-refractivity contribution in [3.05, 3.63) is 57.6 Å². The van der Waals surface area contributed by atoms with Crippen LogP contribution in [-0.4, -0.2) is 47.7 Å². The van der Waals surface area contributed by atoms with Gasteiger partial charge >= 0.3 is 16.8 Å². The van der Waals surface area contributed by atoms with E-state index in [1.807, 2.05) is 12.1 Å². The van der Waals surface area contributed by atoms with Gasteiger partial charge in [-0.3, -0.25) is 9.98 Å². The van der Waals surface area contributed by atoms with E-state index in [1.54, 1.807) is 12.4 Å². The van der Waals surface area contributed by atoms with Gasteiger partial charge in [0.2, 0.25) is 0 Å². The maximum absolute atomic E-state index is 10.6. The van der Waals surface area contributed by atoms with Crippen molar-refractivity contribution in [3.63, 3.8) is 0 Å². The molecule has 2 aromatic carbocycles. The monoisotopic (exact) mass is 641 g/mol.